The first-order chi connectivity index (χ1) is 11.1. The van der Waals surface area contributed by atoms with Crippen molar-refractivity contribution in [3.05, 3.63) is 82.8 Å². The lowest BCUT2D eigenvalue weighted by atomic mass is 10.1. The normalized spacial score (nSPS) is 12.0. The molecule has 1 aromatic heterocycles. The second kappa shape index (κ2) is 7.76. The minimum absolute atomic E-state index is 0.111. The zero-order valence-electron chi connectivity index (χ0n) is 12.7. The second-order valence-electron chi connectivity index (χ2n) is 5.10. The van der Waals surface area contributed by atoms with Gasteiger partial charge in [-0.2, -0.15) is 10.4 Å². The molecule has 0 saturated carbocycles. The van der Waals surface area contributed by atoms with Gasteiger partial charge in [-0.25, -0.2) is 0 Å². The molecule has 1 aromatic carbocycles. The molecular weight excluding hydrogens is 288 g/mol. The van der Waals surface area contributed by atoms with Crippen molar-refractivity contribution in [2.75, 3.05) is 5.73 Å². The Morgan fingerprint density at radius 1 is 1.43 bits per heavy atom. The van der Waals surface area contributed by atoms with Crippen LogP contribution in [0, 0.1) is 11.3 Å². The Bertz CT molecular complexity index is 814. The van der Waals surface area contributed by atoms with E-state index in [1.54, 1.807) is 29.1 Å². The monoisotopic (exact) mass is 306 g/mol. The summed E-state index contributed by atoms with van der Waals surface area (Å²) in [7, 11) is 0. The number of nitriles is 1. The molecule has 0 aliphatic rings. The standard InChI is InChI=1S/C18H18N4O/c1-2-16(8-3-4-10-19)22-11-9-18(23)17(21-22)13-14-6-5-7-15(20)12-14/h2-7,9,11-12,16H,1,8,13,20H2/b4-3+. The highest BCUT2D eigenvalue weighted by Crippen LogP contribution is 2.13. The smallest absolute Gasteiger partial charge is 0.203 e. The Morgan fingerprint density at radius 2 is 2.26 bits per heavy atom. The van der Waals surface area contributed by atoms with E-state index in [0.717, 1.165) is 5.56 Å². The molecule has 5 nitrogen and oxygen atoms in total. The van der Waals surface area contributed by atoms with Gasteiger partial charge in [0.2, 0.25) is 5.43 Å². The van der Waals surface area contributed by atoms with Gasteiger partial charge in [0.05, 0.1) is 12.1 Å². The van der Waals surface area contributed by atoms with Gasteiger partial charge in [0.15, 0.2) is 0 Å². The molecule has 1 unspecified atom stereocenters. The van der Waals surface area contributed by atoms with Crippen molar-refractivity contribution in [2.24, 2.45) is 0 Å². The Kier molecular flexibility index (Phi) is 5.48. The molecule has 23 heavy (non-hydrogen) atoms. The third-order valence-electron chi connectivity index (χ3n) is 3.40. The minimum atomic E-state index is -0.112. The van der Waals surface area contributed by atoms with Crippen LogP contribution in [0.2, 0.25) is 0 Å². The SMILES string of the molecule is C=CC(C/C=C/C#N)n1ccc(=O)c(Cc2cccc(N)c2)n1. The van der Waals surface area contributed by atoms with E-state index in [9.17, 15) is 4.79 Å². The van der Waals surface area contributed by atoms with Gasteiger partial charge in [-0.1, -0.05) is 24.3 Å². The molecule has 1 atom stereocenters. The third kappa shape index (κ3) is 4.42. The van der Waals surface area contributed by atoms with Crippen molar-refractivity contribution < 1.29 is 0 Å². The summed E-state index contributed by atoms with van der Waals surface area (Å²) in [6.45, 7) is 3.79. The van der Waals surface area contributed by atoms with Crippen LogP contribution in [-0.4, -0.2) is 9.78 Å². The van der Waals surface area contributed by atoms with E-state index in [1.807, 2.05) is 24.3 Å². The number of hydrogen-bond donors (Lipinski definition) is 1. The van der Waals surface area contributed by atoms with Crippen LogP contribution in [0.1, 0.15) is 23.7 Å². The lowest BCUT2D eigenvalue weighted by molar-refractivity contribution is 0.522. The minimum Gasteiger partial charge on any atom is -0.399 e. The van der Waals surface area contributed by atoms with E-state index >= 15 is 0 Å². The topological polar surface area (TPSA) is 84.7 Å². The maximum Gasteiger partial charge on any atom is 0.203 e. The van der Waals surface area contributed by atoms with Gasteiger partial charge in [-0.05, 0) is 24.1 Å². The number of nitrogens with zero attached hydrogens (tertiary/aromatic N) is 3. The van der Waals surface area contributed by atoms with E-state index in [0.29, 0.717) is 24.2 Å². The number of nitrogen functional groups attached to an aromatic ring is 1. The van der Waals surface area contributed by atoms with Gasteiger partial charge < -0.3 is 5.73 Å². The van der Waals surface area contributed by atoms with Crippen LogP contribution >= 0.6 is 0 Å². The number of anilines is 1. The number of benzene rings is 1. The van der Waals surface area contributed by atoms with Crippen LogP contribution in [0.15, 0.2) is 66.1 Å². The van der Waals surface area contributed by atoms with Gasteiger partial charge in [-0.15, -0.1) is 6.58 Å². The average molecular weight is 306 g/mol. The van der Waals surface area contributed by atoms with Gasteiger partial charge in [0, 0.05) is 30.4 Å². The highest BCUT2D eigenvalue weighted by molar-refractivity contribution is 5.41. The van der Waals surface area contributed by atoms with E-state index < -0.39 is 0 Å². The van der Waals surface area contributed by atoms with Crippen molar-refractivity contribution in [2.45, 2.75) is 18.9 Å². The maximum absolute atomic E-state index is 12.0. The predicted molar refractivity (Wildman–Crippen MR) is 90.8 cm³/mol. The maximum atomic E-state index is 12.0. The first-order valence-electron chi connectivity index (χ1n) is 7.24. The molecule has 0 fully saturated rings. The Hall–Kier alpha value is -3.13. The first-order valence-corrected chi connectivity index (χ1v) is 7.24. The third-order valence-corrected chi connectivity index (χ3v) is 3.40. The van der Waals surface area contributed by atoms with Crippen molar-refractivity contribution in [1.82, 2.24) is 9.78 Å². The summed E-state index contributed by atoms with van der Waals surface area (Å²) in [5.41, 5.74) is 7.70. The Labute approximate surface area is 135 Å². The zero-order valence-corrected chi connectivity index (χ0v) is 12.7. The molecule has 0 saturated heterocycles. The molecule has 0 aliphatic heterocycles. The van der Waals surface area contributed by atoms with Crippen molar-refractivity contribution in [3.8, 4) is 6.07 Å². The lowest BCUT2D eigenvalue weighted by Gasteiger charge is -2.14. The van der Waals surface area contributed by atoms with Crippen molar-refractivity contribution in [1.29, 1.82) is 5.26 Å². The van der Waals surface area contributed by atoms with Crippen LogP contribution in [0.5, 0.6) is 0 Å². The molecule has 0 aliphatic carbocycles. The molecule has 1 heterocycles. The predicted octanol–water partition coefficient (Wildman–Crippen LogP) is 2.61. The van der Waals surface area contributed by atoms with Crippen LogP contribution in [-0.2, 0) is 6.42 Å². The molecule has 2 N–H and O–H groups in total. The van der Waals surface area contributed by atoms with Gasteiger partial charge in [-0.3, -0.25) is 9.48 Å². The number of allylic oxidation sites excluding steroid dienone is 3. The average Bonchev–Trinajstić information content (AvgIpc) is 2.54. The van der Waals surface area contributed by atoms with E-state index in [4.69, 9.17) is 11.0 Å². The molecule has 2 rings (SSSR count). The van der Waals surface area contributed by atoms with Crippen LogP contribution < -0.4 is 11.2 Å². The molecule has 5 heteroatoms. The summed E-state index contributed by atoms with van der Waals surface area (Å²) in [4.78, 5) is 12.0. The summed E-state index contributed by atoms with van der Waals surface area (Å²) in [5, 5.41) is 13.0. The van der Waals surface area contributed by atoms with E-state index in [1.165, 1.54) is 12.1 Å². The fourth-order valence-electron chi connectivity index (χ4n) is 2.24. The Morgan fingerprint density at radius 3 is 2.96 bits per heavy atom. The number of rotatable bonds is 6. The highest BCUT2D eigenvalue weighted by Gasteiger charge is 2.09. The summed E-state index contributed by atoms with van der Waals surface area (Å²) in [6.07, 6.45) is 7.56. The van der Waals surface area contributed by atoms with Crippen molar-refractivity contribution in [3.63, 3.8) is 0 Å². The van der Waals surface area contributed by atoms with Crippen LogP contribution in [0.3, 0.4) is 0 Å². The molecule has 116 valence electrons. The lowest BCUT2D eigenvalue weighted by Crippen LogP contribution is -2.19. The molecular formula is C18H18N4O. The quantitative estimate of drug-likeness (QED) is 0.505. The zero-order chi connectivity index (χ0) is 16.7. The molecule has 0 radical (unpaired) electrons. The van der Waals surface area contributed by atoms with Crippen LogP contribution in [0.25, 0.3) is 0 Å². The van der Waals surface area contributed by atoms with E-state index in [-0.39, 0.29) is 11.5 Å². The van der Waals surface area contributed by atoms with E-state index in [2.05, 4.69) is 11.7 Å². The summed E-state index contributed by atoms with van der Waals surface area (Å²) >= 11 is 0. The Balaban J connectivity index is 2.27. The van der Waals surface area contributed by atoms with Gasteiger partial charge in [0.1, 0.15) is 5.69 Å². The van der Waals surface area contributed by atoms with Crippen LogP contribution in [0.4, 0.5) is 5.69 Å². The summed E-state index contributed by atoms with van der Waals surface area (Å²) in [5.74, 6) is 0. The largest absolute Gasteiger partial charge is 0.399 e. The van der Waals surface area contributed by atoms with Gasteiger partial charge in [0.25, 0.3) is 0 Å². The molecule has 0 amide bonds. The summed E-state index contributed by atoms with van der Waals surface area (Å²) < 4.78 is 1.69. The first kappa shape index (κ1) is 16.2. The second-order valence-corrected chi connectivity index (χ2v) is 5.10. The molecule has 0 bridgehead atoms. The fourth-order valence-corrected chi connectivity index (χ4v) is 2.24. The fraction of sp³-hybridized carbons (Fsp3) is 0.167. The highest BCUT2D eigenvalue weighted by atomic mass is 16.1. The number of aromatic nitrogens is 2. The number of hydrogen-bond acceptors (Lipinski definition) is 4. The van der Waals surface area contributed by atoms with Crippen molar-refractivity contribution >= 4 is 5.69 Å². The summed E-state index contributed by atoms with van der Waals surface area (Å²) in [6, 6.07) is 10.7. The van der Waals surface area contributed by atoms with Gasteiger partial charge >= 0.3 is 0 Å². The number of nitrogens with two attached hydrogens (primary N) is 1. The molecule has 2 aromatic rings. The molecule has 0 spiro atoms.